The minimum Gasteiger partial charge on any atom is -0.496 e. The normalized spacial score (nSPS) is 14.6. The van der Waals surface area contributed by atoms with Gasteiger partial charge in [-0.05, 0) is 74.2 Å². The summed E-state index contributed by atoms with van der Waals surface area (Å²) >= 11 is 2.84. The van der Waals surface area contributed by atoms with Gasteiger partial charge < -0.3 is 74.5 Å². The number of carboxylic acids is 1. The van der Waals surface area contributed by atoms with Gasteiger partial charge in [0.15, 0.2) is 44.3 Å². The molecule has 0 spiro atoms. The molecule has 8 aromatic rings. The standard InChI is InChI=1S/C28H30N6O6S.C19H21N5O4S.C9H11NO3/c1-37-20-10-8-17(13-22(20)39-3)30-24-23-26(41-15-29-23)33-28(32-24)34-11-5-6-16(14-34)25(35)31-18-7-9-19(27(36)40-4)21(12-18)38-2;1-27-13-6-5-12(8-14(13)28-2)21-16-15-17(29-10-20-15)23-19(22-16)24-7-3-4-11(9-24)18(25)26;1-12-8-5-6(10)3-4-7(8)9(11)13-2/h7-10,12-13,15-16H,5-6,11,14H2,1-4H3,(H,31,35)(H,30,32,33);5-6,8,10-11H,3-4,7,9H2,1-2H3,(H,25,26)(H,21,22,23);3-5H,10H2,1-2H3. The van der Waals surface area contributed by atoms with Crippen molar-refractivity contribution in [2.24, 2.45) is 11.8 Å². The number of nitrogen functional groups attached to an aromatic ring is 1. The fourth-order valence-corrected chi connectivity index (χ4v) is 10.4. The molecular weight excluding hydrogens is 1110 g/mol. The lowest BCUT2D eigenvalue weighted by atomic mass is 9.97. The number of anilines is 8. The summed E-state index contributed by atoms with van der Waals surface area (Å²) in [4.78, 5) is 80.9. The number of rotatable bonds is 17. The largest absolute Gasteiger partial charge is 0.496 e. The summed E-state index contributed by atoms with van der Waals surface area (Å²) in [5.41, 5.74) is 13.5. The Hall–Kier alpha value is -9.50. The summed E-state index contributed by atoms with van der Waals surface area (Å²) in [6.45, 7) is 2.29. The first kappa shape index (κ1) is 59.6. The molecule has 2 fully saturated rings. The maximum absolute atomic E-state index is 13.3. The molecule has 4 aromatic carbocycles. The number of nitrogens with two attached hydrogens (primary N) is 1. The number of fused-ring (bicyclic) bond motifs is 2. The van der Waals surface area contributed by atoms with E-state index in [1.807, 2.05) is 46.2 Å². The maximum atomic E-state index is 13.3. The number of hydrogen-bond donors (Lipinski definition) is 5. The highest BCUT2D eigenvalue weighted by Crippen LogP contribution is 2.36. The van der Waals surface area contributed by atoms with E-state index in [2.05, 4.69) is 40.6 Å². The topological polar surface area (TPSA) is 308 Å². The van der Waals surface area contributed by atoms with Crippen molar-refractivity contribution in [3.8, 4) is 34.5 Å². The van der Waals surface area contributed by atoms with Gasteiger partial charge in [0.25, 0.3) is 0 Å². The van der Waals surface area contributed by atoms with Gasteiger partial charge in [-0.3, -0.25) is 9.59 Å². The lowest BCUT2D eigenvalue weighted by Gasteiger charge is -2.32. The number of hydrogen-bond acceptors (Lipinski definition) is 25. The second-order valence-corrected chi connectivity index (χ2v) is 20.1. The molecule has 10 rings (SSSR count). The molecule has 2 atom stereocenters. The summed E-state index contributed by atoms with van der Waals surface area (Å²) in [7, 11) is 11.9. The third-order valence-electron chi connectivity index (χ3n) is 13.3. The quantitative estimate of drug-likeness (QED) is 0.0420. The third-order valence-corrected chi connectivity index (χ3v) is 14.7. The Morgan fingerprint density at radius 1 is 0.542 bits per heavy atom. The lowest BCUT2D eigenvalue weighted by Crippen LogP contribution is -2.41. The van der Waals surface area contributed by atoms with Crippen molar-refractivity contribution < 1.29 is 62.2 Å². The summed E-state index contributed by atoms with van der Waals surface area (Å²) in [6, 6.07) is 20.6. The van der Waals surface area contributed by atoms with Gasteiger partial charge in [-0.15, -0.1) is 22.7 Å². The van der Waals surface area contributed by atoms with Crippen LogP contribution in [0.2, 0.25) is 0 Å². The summed E-state index contributed by atoms with van der Waals surface area (Å²) in [6.07, 6.45) is 2.98. The second-order valence-electron chi connectivity index (χ2n) is 18.4. The Bertz CT molecular complexity index is 3600. The molecule has 2 aliphatic rings. The smallest absolute Gasteiger partial charge is 0.341 e. The number of carbonyl (C=O) groups is 4. The highest BCUT2D eigenvalue weighted by molar-refractivity contribution is 7.16. The van der Waals surface area contributed by atoms with Crippen LogP contribution in [0.4, 0.5) is 46.3 Å². The van der Waals surface area contributed by atoms with Gasteiger partial charge in [0.2, 0.25) is 17.8 Å². The zero-order valence-corrected chi connectivity index (χ0v) is 48.3. The van der Waals surface area contributed by atoms with Crippen LogP contribution in [0.5, 0.6) is 34.5 Å². The van der Waals surface area contributed by atoms with Gasteiger partial charge in [0.05, 0.1) is 79.7 Å². The molecule has 0 radical (unpaired) electrons. The van der Waals surface area contributed by atoms with Crippen molar-refractivity contribution >= 4 is 113 Å². The summed E-state index contributed by atoms with van der Waals surface area (Å²) in [5, 5.41) is 19.0. The van der Waals surface area contributed by atoms with Gasteiger partial charge in [-0.1, -0.05) is 0 Å². The number of aromatic nitrogens is 6. The van der Waals surface area contributed by atoms with Crippen molar-refractivity contribution in [2.75, 3.05) is 115 Å². The van der Waals surface area contributed by atoms with Crippen molar-refractivity contribution in [1.29, 1.82) is 0 Å². The molecule has 83 heavy (non-hydrogen) atoms. The van der Waals surface area contributed by atoms with E-state index in [9.17, 15) is 24.3 Å². The van der Waals surface area contributed by atoms with E-state index in [0.29, 0.717) is 112 Å². The highest BCUT2D eigenvalue weighted by Gasteiger charge is 2.30. The molecule has 6 heterocycles. The zero-order valence-electron chi connectivity index (χ0n) is 46.7. The van der Waals surface area contributed by atoms with Crippen LogP contribution in [0.25, 0.3) is 20.7 Å². The number of carbonyl (C=O) groups excluding carboxylic acids is 3. The van der Waals surface area contributed by atoms with Crippen molar-refractivity contribution in [2.45, 2.75) is 25.7 Å². The van der Waals surface area contributed by atoms with E-state index in [1.165, 1.54) is 51.1 Å². The SMILES string of the molecule is COC(=O)c1ccc(N)cc1OC.COC(=O)c1ccc(NC(=O)C2CCCN(c3nc(Nc4ccc(OC)c(OC)c4)c4ncsc4n3)C2)cc1OC.COc1ccc(Nc2nc(N3CCCC(C(=O)O)C3)nc3scnc23)cc1OC. The minimum absolute atomic E-state index is 0.134. The van der Waals surface area contributed by atoms with Crippen molar-refractivity contribution in [1.82, 2.24) is 29.9 Å². The molecule has 4 aromatic heterocycles. The van der Waals surface area contributed by atoms with Gasteiger partial charge in [0, 0.05) is 73.2 Å². The Morgan fingerprint density at radius 3 is 1.45 bits per heavy atom. The molecule has 1 amide bonds. The van der Waals surface area contributed by atoms with Crippen LogP contribution in [0.1, 0.15) is 46.4 Å². The van der Waals surface area contributed by atoms with E-state index in [1.54, 1.807) is 75.9 Å². The van der Waals surface area contributed by atoms with E-state index in [4.69, 9.17) is 48.9 Å². The average molecular weight is 1180 g/mol. The number of benzene rings is 4. The van der Waals surface area contributed by atoms with Crippen LogP contribution >= 0.6 is 22.7 Å². The number of piperidine rings is 2. The van der Waals surface area contributed by atoms with Crippen molar-refractivity contribution in [3.05, 3.63) is 94.9 Å². The molecule has 2 saturated heterocycles. The maximum Gasteiger partial charge on any atom is 0.341 e. The van der Waals surface area contributed by atoms with Crippen LogP contribution in [0.3, 0.4) is 0 Å². The van der Waals surface area contributed by atoms with Crippen LogP contribution in [0, 0.1) is 11.8 Å². The molecular formula is C56H62N12O13S2. The van der Waals surface area contributed by atoms with Crippen LogP contribution in [-0.2, 0) is 19.1 Å². The van der Waals surface area contributed by atoms with Gasteiger partial charge in [0.1, 0.15) is 33.7 Å². The molecule has 2 unspecified atom stereocenters. The molecule has 0 bridgehead atoms. The number of methoxy groups -OCH3 is 8. The zero-order chi connectivity index (χ0) is 59.2. The van der Waals surface area contributed by atoms with Crippen LogP contribution < -0.4 is 59.9 Å². The van der Waals surface area contributed by atoms with Gasteiger partial charge in [-0.2, -0.15) is 19.9 Å². The Kier molecular flexibility index (Phi) is 20.0. The highest BCUT2D eigenvalue weighted by atomic mass is 32.1. The minimum atomic E-state index is -0.780. The first-order valence-electron chi connectivity index (χ1n) is 25.7. The van der Waals surface area contributed by atoms with Gasteiger partial charge in [-0.25, -0.2) is 19.6 Å². The fourth-order valence-electron chi connectivity index (χ4n) is 9.07. The second kappa shape index (κ2) is 27.8. The Labute approximate surface area is 485 Å². The van der Waals surface area contributed by atoms with Gasteiger partial charge >= 0.3 is 17.9 Å². The number of aliphatic carboxylic acids is 1. The molecule has 25 nitrogen and oxygen atoms in total. The molecule has 436 valence electrons. The first-order chi connectivity index (χ1) is 40.2. The lowest BCUT2D eigenvalue weighted by molar-refractivity contribution is -0.142. The van der Waals surface area contributed by atoms with E-state index >= 15 is 0 Å². The van der Waals surface area contributed by atoms with E-state index in [0.717, 1.165) is 46.8 Å². The number of amides is 1. The van der Waals surface area contributed by atoms with E-state index in [-0.39, 0.29) is 17.4 Å². The fraction of sp³-hybridized carbons (Fsp3) is 0.321. The Morgan fingerprint density at radius 2 is 0.976 bits per heavy atom. The number of carboxylic acid groups (broad SMARTS) is 1. The number of nitrogens with zero attached hydrogens (tertiary/aromatic N) is 8. The predicted octanol–water partition coefficient (Wildman–Crippen LogP) is 8.71. The number of nitrogens with one attached hydrogen (secondary N) is 3. The molecule has 27 heteroatoms. The number of ether oxygens (including phenoxy) is 8. The van der Waals surface area contributed by atoms with E-state index < -0.39 is 23.8 Å². The summed E-state index contributed by atoms with van der Waals surface area (Å²) < 4.78 is 41.1. The molecule has 6 N–H and O–H groups in total. The van der Waals surface area contributed by atoms with Crippen molar-refractivity contribution in [3.63, 3.8) is 0 Å². The Balaban J connectivity index is 0.000000185. The number of thiazole rings is 2. The molecule has 0 aliphatic carbocycles. The average Bonchev–Trinajstić information content (AvgIpc) is 3.69. The predicted molar refractivity (Wildman–Crippen MR) is 315 cm³/mol. The monoisotopic (exact) mass is 1170 g/mol. The molecule has 2 aliphatic heterocycles. The first-order valence-corrected chi connectivity index (χ1v) is 27.5. The summed E-state index contributed by atoms with van der Waals surface area (Å²) in [5.74, 6) is 2.77. The number of esters is 2. The van der Waals surface area contributed by atoms with Crippen LogP contribution in [0.15, 0.2) is 83.8 Å². The molecule has 0 saturated carbocycles. The van der Waals surface area contributed by atoms with Crippen LogP contribution in [-0.4, -0.2) is 142 Å². The third kappa shape index (κ3) is 14.3.